The van der Waals surface area contributed by atoms with Gasteiger partial charge in [-0.3, -0.25) is 4.79 Å². The van der Waals surface area contributed by atoms with E-state index >= 15 is 0 Å². The van der Waals surface area contributed by atoms with Crippen molar-refractivity contribution in [2.45, 2.75) is 39.0 Å². The van der Waals surface area contributed by atoms with Crippen LogP contribution in [0.25, 0.3) is 0 Å². The van der Waals surface area contributed by atoms with Gasteiger partial charge in [-0.1, -0.05) is 22.9 Å². The van der Waals surface area contributed by atoms with E-state index in [0.29, 0.717) is 28.7 Å². The van der Waals surface area contributed by atoms with Crippen molar-refractivity contribution in [3.05, 3.63) is 50.3 Å². The van der Waals surface area contributed by atoms with Crippen molar-refractivity contribution in [1.82, 2.24) is 0 Å². The highest BCUT2D eigenvalue weighted by molar-refractivity contribution is 9.10. The number of halogens is 1. The molecule has 1 aromatic carbocycles. The van der Waals surface area contributed by atoms with Gasteiger partial charge in [-0.15, -0.1) is 11.3 Å². The molecular formula is C19H20BrNO3S. The second-order valence-electron chi connectivity index (χ2n) is 6.12. The number of nitrogens with one attached hydrogen (secondary N) is 1. The summed E-state index contributed by atoms with van der Waals surface area (Å²) in [6.45, 7) is 4.24. The summed E-state index contributed by atoms with van der Waals surface area (Å²) in [5.74, 6) is -0.262. The third kappa shape index (κ3) is 3.80. The van der Waals surface area contributed by atoms with Gasteiger partial charge in [0.2, 0.25) is 0 Å². The van der Waals surface area contributed by atoms with Crippen molar-refractivity contribution in [2.75, 3.05) is 11.9 Å². The van der Waals surface area contributed by atoms with E-state index in [-0.39, 0.29) is 11.9 Å². The van der Waals surface area contributed by atoms with Crippen molar-refractivity contribution in [3.63, 3.8) is 0 Å². The Morgan fingerprint density at radius 1 is 1.32 bits per heavy atom. The lowest BCUT2D eigenvalue weighted by Crippen LogP contribution is -2.16. The average Bonchev–Trinajstić information content (AvgIpc) is 2.95. The van der Waals surface area contributed by atoms with E-state index in [1.165, 1.54) is 16.2 Å². The maximum atomic E-state index is 12.6. The van der Waals surface area contributed by atoms with Crippen molar-refractivity contribution >= 4 is 44.1 Å². The molecule has 2 aromatic rings. The summed E-state index contributed by atoms with van der Waals surface area (Å²) in [5.41, 5.74) is 2.15. The van der Waals surface area contributed by atoms with Gasteiger partial charge in [-0.25, -0.2) is 4.79 Å². The number of ether oxygens (including phenoxy) is 1. The second kappa shape index (κ2) is 7.70. The molecule has 4 nitrogen and oxygen atoms in total. The lowest BCUT2D eigenvalue weighted by atomic mass is 9.86. The smallest absolute Gasteiger partial charge is 0.341 e. The highest BCUT2D eigenvalue weighted by Gasteiger charge is 2.30. The van der Waals surface area contributed by atoms with Crippen LogP contribution in [0.5, 0.6) is 0 Å². The molecule has 1 atom stereocenters. The largest absolute Gasteiger partial charge is 0.462 e. The maximum absolute atomic E-state index is 12.6. The van der Waals surface area contributed by atoms with Crippen LogP contribution in [0.15, 0.2) is 28.7 Å². The van der Waals surface area contributed by atoms with Gasteiger partial charge < -0.3 is 10.1 Å². The fourth-order valence-electron chi connectivity index (χ4n) is 3.18. The number of esters is 1. The Kier molecular flexibility index (Phi) is 5.59. The molecule has 0 fully saturated rings. The third-order valence-electron chi connectivity index (χ3n) is 4.37. The number of hydrogen-bond acceptors (Lipinski definition) is 4. The van der Waals surface area contributed by atoms with Gasteiger partial charge in [0.05, 0.1) is 12.2 Å². The summed E-state index contributed by atoms with van der Waals surface area (Å²) < 4.78 is 6.17. The van der Waals surface area contributed by atoms with Gasteiger partial charge in [0.25, 0.3) is 5.91 Å². The van der Waals surface area contributed by atoms with Gasteiger partial charge in [-0.2, -0.15) is 0 Å². The molecule has 1 aromatic heterocycles. The van der Waals surface area contributed by atoms with Gasteiger partial charge >= 0.3 is 5.97 Å². The van der Waals surface area contributed by atoms with Crippen molar-refractivity contribution in [3.8, 4) is 0 Å². The molecule has 132 valence electrons. The minimum Gasteiger partial charge on any atom is -0.462 e. The highest BCUT2D eigenvalue weighted by atomic mass is 79.9. The number of aryl methyl sites for hydroxylation is 1. The molecule has 3 rings (SSSR count). The topological polar surface area (TPSA) is 55.4 Å². The number of anilines is 1. The molecule has 1 aliphatic carbocycles. The normalized spacial score (nSPS) is 16.2. The minimum absolute atomic E-state index is 0.218. The molecule has 0 saturated heterocycles. The van der Waals surface area contributed by atoms with E-state index in [1.807, 2.05) is 12.1 Å². The van der Waals surface area contributed by atoms with Crippen LogP contribution in [-0.4, -0.2) is 18.5 Å². The number of carbonyl (C=O) groups is 2. The highest BCUT2D eigenvalue weighted by Crippen LogP contribution is 2.43. The van der Waals surface area contributed by atoms with E-state index in [0.717, 1.165) is 29.3 Å². The number of fused-ring (bicyclic) bond motifs is 1. The molecular weight excluding hydrogens is 402 g/mol. The molecule has 1 amide bonds. The van der Waals surface area contributed by atoms with E-state index in [4.69, 9.17) is 4.74 Å². The number of carbonyl (C=O) groups excluding carboxylic acids is 2. The van der Waals surface area contributed by atoms with Gasteiger partial charge in [-0.05, 0) is 61.9 Å². The number of thiophene rings is 1. The zero-order chi connectivity index (χ0) is 18.0. The lowest BCUT2D eigenvalue weighted by molar-refractivity contribution is 0.0526. The Labute approximate surface area is 159 Å². The molecule has 0 aliphatic heterocycles. The van der Waals surface area contributed by atoms with Crippen LogP contribution >= 0.6 is 27.3 Å². The average molecular weight is 422 g/mol. The quantitative estimate of drug-likeness (QED) is 0.674. The van der Waals surface area contributed by atoms with Crippen LogP contribution in [0.4, 0.5) is 5.00 Å². The first kappa shape index (κ1) is 18.1. The van der Waals surface area contributed by atoms with E-state index in [9.17, 15) is 9.59 Å². The number of benzene rings is 1. The fraction of sp³-hybridized carbons (Fsp3) is 0.368. The standard InChI is InChI=1S/C19H20BrNO3S/c1-3-24-19(23)16-15-11(2)5-4-6-14(15)25-18(16)21-17(22)12-7-9-13(20)10-8-12/h7-11H,3-6H2,1-2H3,(H,21,22). The second-order valence-corrected chi connectivity index (χ2v) is 8.14. The Balaban J connectivity index is 1.96. The molecule has 0 spiro atoms. The molecule has 0 saturated carbocycles. The van der Waals surface area contributed by atoms with Gasteiger partial charge in [0, 0.05) is 14.9 Å². The van der Waals surface area contributed by atoms with Gasteiger partial charge in [0.1, 0.15) is 5.00 Å². The summed E-state index contributed by atoms with van der Waals surface area (Å²) in [5, 5.41) is 3.53. The third-order valence-corrected chi connectivity index (χ3v) is 6.08. The SMILES string of the molecule is CCOC(=O)c1c(NC(=O)c2ccc(Br)cc2)sc2c1C(C)CCC2. The predicted molar refractivity (Wildman–Crippen MR) is 104 cm³/mol. The maximum Gasteiger partial charge on any atom is 0.341 e. The van der Waals surface area contributed by atoms with Crippen molar-refractivity contribution < 1.29 is 14.3 Å². The summed E-state index contributed by atoms with van der Waals surface area (Å²) >= 11 is 4.87. The monoisotopic (exact) mass is 421 g/mol. The first-order chi connectivity index (χ1) is 12.0. The summed E-state index contributed by atoms with van der Waals surface area (Å²) in [6.07, 6.45) is 3.11. The van der Waals surface area contributed by atoms with E-state index in [2.05, 4.69) is 28.2 Å². The number of rotatable bonds is 4. The van der Waals surface area contributed by atoms with Crippen LogP contribution in [0.1, 0.15) is 63.8 Å². The molecule has 1 unspecified atom stereocenters. The molecule has 1 heterocycles. The molecule has 0 radical (unpaired) electrons. The molecule has 1 aliphatic rings. The zero-order valence-corrected chi connectivity index (χ0v) is 16.6. The van der Waals surface area contributed by atoms with E-state index < -0.39 is 0 Å². The Morgan fingerprint density at radius 2 is 2.04 bits per heavy atom. The van der Waals surface area contributed by atoms with Crippen molar-refractivity contribution in [2.24, 2.45) is 0 Å². The molecule has 25 heavy (non-hydrogen) atoms. The number of amides is 1. The first-order valence-electron chi connectivity index (χ1n) is 8.40. The van der Waals surface area contributed by atoms with Gasteiger partial charge in [0.15, 0.2) is 0 Å². The summed E-state index contributed by atoms with van der Waals surface area (Å²) in [6, 6.07) is 7.14. The summed E-state index contributed by atoms with van der Waals surface area (Å²) in [7, 11) is 0. The molecule has 6 heteroatoms. The molecule has 1 N–H and O–H groups in total. The van der Waals surface area contributed by atoms with Crippen LogP contribution in [-0.2, 0) is 11.2 Å². The van der Waals surface area contributed by atoms with Crippen LogP contribution in [0, 0.1) is 0 Å². The summed E-state index contributed by atoms with van der Waals surface area (Å²) in [4.78, 5) is 26.3. The predicted octanol–water partition coefficient (Wildman–Crippen LogP) is 5.38. The Bertz CT molecular complexity index is 798. The Hall–Kier alpha value is -1.66. The van der Waals surface area contributed by atoms with E-state index in [1.54, 1.807) is 19.1 Å². The van der Waals surface area contributed by atoms with Crippen molar-refractivity contribution in [1.29, 1.82) is 0 Å². The first-order valence-corrected chi connectivity index (χ1v) is 10.0. The zero-order valence-electron chi connectivity index (χ0n) is 14.2. The Morgan fingerprint density at radius 3 is 2.72 bits per heavy atom. The number of hydrogen-bond donors (Lipinski definition) is 1. The lowest BCUT2D eigenvalue weighted by Gasteiger charge is -2.19. The molecule has 0 bridgehead atoms. The van der Waals surface area contributed by atoms with Crippen LogP contribution in [0.3, 0.4) is 0 Å². The minimum atomic E-state index is -0.347. The fourth-order valence-corrected chi connectivity index (χ4v) is 4.79. The van der Waals surface area contributed by atoms with Crippen LogP contribution < -0.4 is 5.32 Å². The van der Waals surface area contributed by atoms with Crippen LogP contribution in [0.2, 0.25) is 0 Å².